The number of aliphatic hydroxyl groups is 4. The Labute approximate surface area is 229 Å². The largest absolute Gasteiger partial charge is 0.508 e. The number of esters is 1. The standard InChI is InChI=1S/C27H33N3O10/c1-9(2)40-13(31)8-29-12-7-6-11-10(3)14-16(21(33)15(11)20(12)32)24(36)27(39)18(22(14)34)19(30(4)5)23(35)17(25(27)37)26(28)38/h6-7,9-10,14,18-19,22,29,32-34,37,39H,8H2,1-5H3,(H2,28,38)/t10-,14+,18+,19+,22-,27-/m1/s1. The van der Waals surface area contributed by atoms with Gasteiger partial charge in [0, 0.05) is 11.5 Å². The Morgan fingerprint density at radius 1 is 1.18 bits per heavy atom. The van der Waals surface area contributed by atoms with Crippen molar-refractivity contribution >= 4 is 34.9 Å². The first kappa shape index (κ1) is 29.1. The summed E-state index contributed by atoms with van der Waals surface area (Å²) in [6.45, 7) is 4.66. The Kier molecular flexibility index (Phi) is 7.20. The minimum atomic E-state index is -2.99. The Bertz CT molecular complexity index is 1380. The van der Waals surface area contributed by atoms with Gasteiger partial charge in [0.2, 0.25) is 5.78 Å². The summed E-state index contributed by atoms with van der Waals surface area (Å²) in [6.07, 6.45) is -2.04. The zero-order chi connectivity index (χ0) is 30.0. The van der Waals surface area contributed by atoms with E-state index in [4.69, 9.17) is 10.5 Å². The van der Waals surface area contributed by atoms with Crippen molar-refractivity contribution in [1.82, 2.24) is 4.90 Å². The zero-order valence-electron chi connectivity index (χ0n) is 22.6. The molecule has 3 aliphatic rings. The van der Waals surface area contributed by atoms with E-state index < -0.39 is 87.4 Å². The number of rotatable bonds is 6. The lowest BCUT2D eigenvalue weighted by molar-refractivity contribution is -0.169. The van der Waals surface area contributed by atoms with Crippen molar-refractivity contribution in [1.29, 1.82) is 0 Å². The maximum Gasteiger partial charge on any atom is 0.325 e. The molecule has 1 aromatic rings. The van der Waals surface area contributed by atoms with Crippen LogP contribution in [-0.2, 0) is 23.9 Å². The van der Waals surface area contributed by atoms with Crippen molar-refractivity contribution in [2.45, 2.75) is 50.5 Å². The molecule has 1 aromatic carbocycles. The number of nitrogens with zero attached hydrogens (tertiary/aromatic N) is 1. The molecule has 40 heavy (non-hydrogen) atoms. The number of ketones is 2. The molecule has 6 atom stereocenters. The number of Topliss-reactive ketones (excluding diaryl/α,β-unsaturated/α-hetero) is 2. The van der Waals surface area contributed by atoms with Gasteiger partial charge in [-0.25, -0.2) is 0 Å². The van der Waals surface area contributed by atoms with Gasteiger partial charge in [0.15, 0.2) is 11.4 Å². The number of ether oxygens (including phenoxy) is 1. The van der Waals surface area contributed by atoms with Crippen LogP contribution in [0.3, 0.4) is 0 Å². The molecular weight excluding hydrogens is 526 g/mol. The van der Waals surface area contributed by atoms with Crippen LogP contribution in [-0.4, -0.2) is 98.4 Å². The second-order valence-electron chi connectivity index (χ2n) is 10.9. The third-order valence-corrected chi connectivity index (χ3v) is 7.92. The number of carbonyl (C=O) groups excluding carboxylic acids is 4. The number of amides is 1. The van der Waals surface area contributed by atoms with Crippen molar-refractivity contribution in [3.8, 4) is 5.75 Å². The van der Waals surface area contributed by atoms with Crippen molar-refractivity contribution in [2.24, 2.45) is 17.6 Å². The molecule has 13 heteroatoms. The highest BCUT2D eigenvalue weighted by Crippen LogP contribution is 2.56. The van der Waals surface area contributed by atoms with E-state index in [1.807, 2.05) is 0 Å². The molecule has 0 radical (unpaired) electrons. The van der Waals surface area contributed by atoms with Gasteiger partial charge in [0.25, 0.3) is 5.91 Å². The summed E-state index contributed by atoms with van der Waals surface area (Å²) in [7, 11) is 2.88. The fourth-order valence-corrected chi connectivity index (χ4v) is 6.23. The predicted octanol–water partition coefficient (Wildman–Crippen LogP) is -0.141. The number of nitrogens with two attached hydrogens (primary N) is 1. The quantitative estimate of drug-likeness (QED) is 0.138. The molecule has 216 valence electrons. The van der Waals surface area contributed by atoms with Crippen LogP contribution in [0.15, 0.2) is 29.0 Å². The molecule has 8 N–H and O–H groups in total. The van der Waals surface area contributed by atoms with E-state index in [9.17, 15) is 44.7 Å². The molecule has 0 aliphatic heterocycles. The minimum absolute atomic E-state index is 0.0346. The van der Waals surface area contributed by atoms with E-state index >= 15 is 0 Å². The number of aromatic hydroxyl groups is 1. The second-order valence-corrected chi connectivity index (χ2v) is 10.9. The van der Waals surface area contributed by atoms with Crippen LogP contribution in [0.25, 0.3) is 5.76 Å². The van der Waals surface area contributed by atoms with Gasteiger partial charge in [0.1, 0.15) is 29.4 Å². The first-order valence-corrected chi connectivity index (χ1v) is 12.7. The number of benzene rings is 1. The zero-order valence-corrected chi connectivity index (χ0v) is 22.6. The molecule has 1 amide bonds. The van der Waals surface area contributed by atoms with Crippen LogP contribution in [0.1, 0.15) is 37.8 Å². The second kappa shape index (κ2) is 9.91. The first-order valence-electron chi connectivity index (χ1n) is 12.7. The number of nitrogens with one attached hydrogen (secondary N) is 1. The summed E-state index contributed by atoms with van der Waals surface area (Å²) in [5.41, 5.74) is 1.04. The topological polar surface area (TPSA) is 220 Å². The molecule has 0 heterocycles. The smallest absolute Gasteiger partial charge is 0.325 e. The van der Waals surface area contributed by atoms with E-state index in [-0.39, 0.29) is 23.9 Å². The SMILES string of the molecule is CC(C)OC(=O)CNc1ccc2c(c1O)C(O)=C1C(=O)[C@@]3(O)C(O)=C(C(N)=O)C(=O)[C@@H](N(C)C)[C@H]3[C@H](O)[C@H]1[C@@H]2C. The molecule has 1 saturated carbocycles. The molecule has 3 aliphatic carbocycles. The summed E-state index contributed by atoms with van der Waals surface area (Å²) in [5.74, 6) is -10.3. The molecule has 0 aromatic heterocycles. The number of aliphatic hydroxyl groups excluding tert-OH is 3. The fraction of sp³-hybridized carbons (Fsp3) is 0.481. The summed E-state index contributed by atoms with van der Waals surface area (Å²) in [4.78, 5) is 52.6. The lowest BCUT2D eigenvalue weighted by Crippen LogP contribution is -2.70. The average molecular weight is 560 g/mol. The Hall–Kier alpha value is -3.94. The Morgan fingerprint density at radius 2 is 1.80 bits per heavy atom. The number of primary amides is 1. The maximum absolute atomic E-state index is 14.0. The molecule has 13 nitrogen and oxygen atoms in total. The number of hydrogen-bond acceptors (Lipinski definition) is 12. The minimum Gasteiger partial charge on any atom is -0.508 e. The molecule has 0 bridgehead atoms. The van der Waals surface area contributed by atoms with Crippen LogP contribution < -0.4 is 11.1 Å². The molecule has 0 saturated heterocycles. The molecular formula is C27H33N3O10. The summed E-state index contributed by atoms with van der Waals surface area (Å²) >= 11 is 0. The van der Waals surface area contributed by atoms with E-state index in [0.717, 1.165) is 0 Å². The highest BCUT2D eigenvalue weighted by atomic mass is 16.5. The summed E-state index contributed by atoms with van der Waals surface area (Å²) in [6, 6.07) is 1.57. The lowest BCUT2D eigenvalue weighted by Gasteiger charge is -2.53. The van der Waals surface area contributed by atoms with Gasteiger partial charge in [-0.15, -0.1) is 0 Å². The normalized spacial score (nSPS) is 29.8. The van der Waals surface area contributed by atoms with Gasteiger partial charge in [-0.1, -0.05) is 13.0 Å². The monoisotopic (exact) mass is 559 g/mol. The van der Waals surface area contributed by atoms with Crippen LogP contribution >= 0.6 is 0 Å². The molecule has 0 spiro atoms. The number of anilines is 1. The number of hydrogen-bond donors (Lipinski definition) is 7. The summed E-state index contributed by atoms with van der Waals surface area (Å²) in [5, 5.41) is 59.4. The van der Waals surface area contributed by atoms with Gasteiger partial charge in [0.05, 0.1) is 35.4 Å². The Balaban J connectivity index is 1.89. The first-order chi connectivity index (χ1) is 18.6. The fourth-order valence-electron chi connectivity index (χ4n) is 6.23. The van der Waals surface area contributed by atoms with Crippen molar-refractivity contribution in [3.63, 3.8) is 0 Å². The lowest BCUT2D eigenvalue weighted by atomic mass is 9.54. The third-order valence-electron chi connectivity index (χ3n) is 7.92. The average Bonchev–Trinajstić information content (AvgIpc) is 2.84. The number of fused-ring (bicyclic) bond motifs is 3. The van der Waals surface area contributed by atoms with Gasteiger partial charge >= 0.3 is 5.97 Å². The predicted molar refractivity (Wildman–Crippen MR) is 140 cm³/mol. The van der Waals surface area contributed by atoms with E-state index in [0.29, 0.717) is 5.56 Å². The van der Waals surface area contributed by atoms with Crippen LogP contribution in [0.4, 0.5) is 5.69 Å². The highest BCUT2D eigenvalue weighted by molar-refractivity contribution is 6.24. The van der Waals surface area contributed by atoms with Gasteiger partial charge in [-0.2, -0.15) is 0 Å². The number of phenolic OH excluding ortho intramolecular Hbond substituents is 1. The van der Waals surface area contributed by atoms with Crippen molar-refractivity contribution in [2.75, 3.05) is 26.0 Å². The van der Waals surface area contributed by atoms with Crippen LogP contribution in [0, 0.1) is 11.8 Å². The molecule has 0 unspecified atom stereocenters. The van der Waals surface area contributed by atoms with E-state index in [1.165, 1.54) is 25.1 Å². The van der Waals surface area contributed by atoms with Crippen molar-refractivity contribution < 1.29 is 49.4 Å². The number of phenols is 1. The van der Waals surface area contributed by atoms with Crippen LogP contribution in [0.2, 0.25) is 0 Å². The van der Waals surface area contributed by atoms with Gasteiger partial charge in [-0.05, 0) is 45.5 Å². The highest BCUT2D eigenvalue weighted by Gasteiger charge is 2.68. The Morgan fingerprint density at radius 3 is 2.35 bits per heavy atom. The summed E-state index contributed by atoms with van der Waals surface area (Å²) < 4.78 is 5.06. The van der Waals surface area contributed by atoms with E-state index in [2.05, 4.69) is 5.32 Å². The maximum atomic E-state index is 14.0. The number of likely N-dealkylation sites (N-methyl/N-ethyl adjacent to an activating group) is 1. The van der Waals surface area contributed by atoms with Gasteiger partial charge in [-0.3, -0.25) is 24.1 Å². The van der Waals surface area contributed by atoms with E-state index in [1.54, 1.807) is 26.8 Å². The van der Waals surface area contributed by atoms with Crippen molar-refractivity contribution in [3.05, 3.63) is 40.2 Å². The van der Waals surface area contributed by atoms with Gasteiger partial charge < -0.3 is 41.3 Å². The molecule has 4 rings (SSSR count). The molecule has 1 fully saturated rings. The van der Waals surface area contributed by atoms with Crippen LogP contribution in [0.5, 0.6) is 5.75 Å². The number of carbonyl (C=O) groups is 4. The third kappa shape index (κ3) is 4.03.